The van der Waals surface area contributed by atoms with Crippen LogP contribution in [0.2, 0.25) is 0 Å². The molecule has 0 saturated heterocycles. The van der Waals surface area contributed by atoms with Gasteiger partial charge in [0.25, 0.3) is 0 Å². The fourth-order valence-corrected chi connectivity index (χ4v) is 3.56. The van der Waals surface area contributed by atoms with Crippen LogP contribution in [0, 0.1) is 0 Å². The Morgan fingerprint density at radius 2 is 2.22 bits per heavy atom. The second kappa shape index (κ2) is 4.53. The van der Waals surface area contributed by atoms with Crippen LogP contribution in [0.15, 0.2) is 47.6 Å². The predicted octanol–water partition coefficient (Wildman–Crippen LogP) is 3.08. The van der Waals surface area contributed by atoms with E-state index in [0.29, 0.717) is 11.5 Å². The zero-order chi connectivity index (χ0) is 12.5. The molecule has 92 valence electrons. The Morgan fingerprint density at radius 1 is 1.39 bits per heavy atom. The lowest BCUT2D eigenvalue weighted by Crippen LogP contribution is -2.07. The molecule has 1 aromatic carbocycles. The second-order valence-electron chi connectivity index (χ2n) is 4.45. The number of carbonyl (C=O) groups is 1. The van der Waals surface area contributed by atoms with Gasteiger partial charge in [-0.15, -0.1) is 11.8 Å². The van der Waals surface area contributed by atoms with Gasteiger partial charge < -0.3 is 9.67 Å². The number of hydrogen-bond acceptors (Lipinski definition) is 2. The van der Waals surface area contributed by atoms with Crippen molar-refractivity contribution >= 4 is 17.7 Å². The molecule has 1 atom stereocenters. The van der Waals surface area contributed by atoms with Gasteiger partial charge in [-0.25, -0.2) is 4.79 Å². The third-order valence-electron chi connectivity index (χ3n) is 3.23. The highest BCUT2D eigenvalue weighted by molar-refractivity contribution is 7.99. The van der Waals surface area contributed by atoms with E-state index in [9.17, 15) is 4.79 Å². The lowest BCUT2D eigenvalue weighted by Gasteiger charge is -2.11. The monoisotopic (exact) mass is 259 g/mol. The van der Waals surface area contributed by atoms with Crippen molar-refractivity contribution in [2.75, 3.05) is 5.75 Å². The highest BCUT2D eigenvalue weighted by Gasteiger charge is 2.22. The van der Waals surface area contributed by atoms with Crippen LogP contribution in [0.25, 0.3) is 0 Å². The van der Waals surface area contributed by atoms with Crippen LogP contribution >= 0.6 is 11.8 Å². The molecule has 0 saturated carbocycles. The van der Waals surface area contributed by atoms with E-state index < -0.39 is 5.97 Å². The van der Waals surface area contributed by atoms with Gasteiger partial charge in [-0.05, 0) is 17.7 Å². The third kappa shape index (κ3) is 2.04. The summed E-state index contributed by atoms with van der Waals surface area (Å²) in [5, 5.41) is 8.90. The molecule has 18 heavy (non-hydrogen) atoms. The van der Waals surface area contributed by atoms with Crippen molar-refractivity contribution in [2.24, 2.45) is 0 Å². The minimum atomic E-state index is -0.866. The van der Waals surface area contributed by atoms with Crippen molar-refractivity contribution in [3.05, 3.63) is 53.9 Å². The first-order chi connectivity index (χ1) is 8.74. The SMILES string of the molecule is O=C(O)c1ccn(CC2CSc3ccccc32)c1. The molecule has 2 aromatic rings. The van der Waals surface area contributed by atoms with E-state index >= 15 is 0 Å². The third-order valence-corrected chi connectivity index (χ3v) is 4.48. The van der Waals surface area contributed by atoms with E-state index in [1.165, 1.54) is 10.5 Å². The highest BCUT2D eigenvalue weighted by Crippen LogP contribution is 2.40. The molecule has 0 amide bonds. The van der Waals surface area contributed by atoms with Crippen LogP contribution in [-0.4, -0.2) is 21.4 Å². The first kappa shape index (κ1) is 11.4. The van der Waals surface area contributed by atoms with E-state index in [1.54, 1.807) is 12.3 Å². The summed E-state index contributed by atoms with van der Waals surface area (Å²) in [6, 6.07) is 10.1. The summed E-state index contributed by atoms with van der Waals surface area (Å²) in [7, 11) is 0. The highest BCUT2D eigenvalue weighted by atomic mass is 32.2. The molecular formula is C14H13NO2S. The maximum absolute atomic E-state index is 10.8. The predicted molar refractivity (Wildman–Crippen MR) is 71.3 cm³/mol. The Labute approximate surface area is 109 Å². The summed E-state index contributed by atoms with van der Waals surface area (Å²) in [4.78, 5) is 12.2. The number of hydrogen-bond donors (Lipinski definition) is 1. The number of carboxylic acid groups (broad SMARTS) is 1. The molecule has 0 spiro atoms. The molecule has 1 aliphatic heterocycles. The van der Waals surface area contributed by atoms with E-state index in [0.717, 1.165) is 12.3 Å². The first-order valence-electron chi connectivity index (χ1n) is 5.85. The van der Waals surface area contributed by atoms with Crippen molar-refractivity contribution < 1.29 is 9.90 Å². The average molecular weight is 259 g/mol. The van der Waals surface area contributed by atoms with Gasteiger partial charge in [0.1, 0.15) is 0 Å². The lowest BCUT2D eigenvalue weighted by molar-refractivity contribution is 0.0697. The topological polar surface area (TPSA) is 42.2 Å². The number of nitrogens with zero attached hydrogens (tertiary/aromatic N) is 1. The molecule has 0 aliphatic carbocycles. The van der Waals surface area contributed by atoms with Crippen molar-refractivity contribution in [3.8, 4) is 0 Å². The van der Waals surface area contributed by atoms with Crippen LogP contribution in [0.5, 0.6) is 0 Å². The van der Waals surface area contributed by atoms with Crippen LogP contribution in [0.4, 0.5) is 0 Å². The van der Waals surface area contributed by atoms with Gasteiger partial charge in [0.2, 0.25) is 0 Å². The van der Waals surface area contributed by atoms with Crippen molar-refractivity contribution in [1.29, 1.82) is 0 Å². The Morgan fingerprint density at radius 3 is 3.00 bits per heavy atom. The Hall–Kier alpha value is -1.68. The van der Waals surface area contributed by atoms with Crippen molar-refractivity contribution in [3.63, 3.8) is 0 Å². The van der Waals surface area contributed by atoms with Gasteiger partial charge in [-0.2, -0.15) is 0 Å². The molecule has 1 aromatic heterocycles. The molecule has 0 bridgehead atoms. The van der Waals surface area contributed by atoms with Gasteiger partial charge in [0.05, 0.1) is 5.56 Å². The fraction of sp³-hybridized carbons (Fsp3) is 0.214. The summed E-state index contributed by atoms with van der Waals surface area (Å²) in [5.74, 6) is 0.676. The molecule has 4 heteroatoms. The van der Waals surface area contributed by atoms with Crippen LogP contribution in [0.1, 0.15) is 21.8 Å². The molecule has 1 unspecified atom stereocenters. The maximum atomic E-state index is 10.8. The molecule has 2 heterocycles. The zero-order valence-corrected chi connectivity index (χ0v) is 10.6. The lowest BCUT2D eigenvalue weighted by atomic mass is 10.0. The fourth-order valence-electron chi connectivity index (χ4n) is 2.32. The van der Waals surface area contributed by atoms with Gasteiger partial charge in [0.15, 0.2) is 0 Å². The number of carboxylic acids is 1. The summed E-state index contributed by atoms with van der Waals surface area (Å²) < 4.78 is 1.97. The Balaban J connectivity index is 1.80. The maximum Gasteiger partial charge on any atom is 0.337 e. The van der Waals surface area contributed by atoms with Crippen molar-refractivity contribution in [2.45, 2.75) is 17.4 Å². The summed E-state index contributed by atoms with van der Waals surface area (Å²) in [6.45, 7) is 0.845. The zero-order valence-electron chi connectivity index (χ0n) is 9.74. The number of rotatable bonds is 3. The summed E-state index contributed by atoms with van der Waals surface area (Å²) in [6.07, 6.45) is 3.54. The number of aromatic nitrogens is 1. The van der Waals surface area contributed by atoms with Crippen LogP contribution < -0.4 is 0 Å². The molecule has 3 nitrogen and oxygen atoms in total. The van der Waals surface area contributed by atoms with E-state index in [2.05, 4.69) is 24.3 Å². The largest absolute Gasteiger partial charge is 0.478 e. The smallest absolute Gasteiger partial charge is 0.337 e. The van der Waals surface area contributed by atoms with Crippen LogP contribution in [-0.2, 0) is 6.54 Å². The molecule has 3 rings (SSSR count). The average Bonchev–Trinajstić information content (AvgIpc) is 2.98. The molecule has 0 radical (unpaired) electrons. The van der Waals surface area contributed by atoms with Gasteiger partial charge in [0, 0.05) is 35.5 Å². The quantitative estimate of drug-likeness (QED) is 0.921. The van der Waals surface area contributed by atoms with E-state index in [-0.39, 0.29) is 0 Å². The van der Waals surface area contributed by atoms with E-state index in [4.69, 9.17) is 5.11 Å². The van der Waals surface area contributed by atoms with E-state index in [1.807, 2.05) is 22.5 Å². The van der Waals surface area contributed by atoms with Gasteiger partial charge in [-0.3, -0.25) is 0 Å². The molecule has 0 fully saturated rings. The Bertz CT molecular complexity index is 591. The normalized spacial score (nSPS) is 17.7. The van der Waals surface area contributed by atoms with Crippen molar-refractivity contribution in [1.82, 2.24) is 4.57 Å². The number of fused-ring (bicyclic) bond motifs is 1. The number of thioether (sulfide) groups is 1. The number of aromatic carboxylic acids is 1. The minimum Gasteiger partial charge on any atom is -0.478 e. The second-order valence-corrected chi connectivity index (χ2v) is 5.51. The first-order valence-corrected chi connectivity index (χ1v) is 6.83. The molecule has 1 aliphatic rings. The standard InChI is InChI=1S/C14H13NO2S/c16-14(17)10-5-6-15(7-10)8-11-9-18-13-4-2-1-3-12(11)13/h1-7,11H,8-9H2,(H,16,17). The van der Waals surface area contributed by atoms with Crippen LogP contribution in [0.3, 0.4) is 0 Å². The number of benzene rings is 1. The molecule has 1 N–H and O–H groups in total. The summed E-state index contributed by atoms with van der Waals surface area (Å²) in [5.41, 5.74) is 1.74. The van der Waals surface area contributed by atoms with Gasteiger partial charge >= 0.3 is 5.97 Å². The minimum absolute atomic E-state index is 0.355. The molecular weight excluding hydrogens is 246 g/mol. The van der Waals surface area contributed by atoms with Gasteiger partial charge in [-0.1, -0.05) is 18.2 Å². The summed E-state index contributed by atoms with van der Waals surface area (Å²) >= 11 is 1.88. The Kier molecular flexibility index (Phi) is 2.88.